The monoisotopic (exact) mass is 335 g/mol. The van der Waals surface area contributed by atoms with Crippen molar-refractivity contribution in [2.45, 2.75) is 27.7 Å². The summed E-state index contributed by atoms with van der Waals surface area (Å²) >= 11 is 0. The fourth-order valence-corrected chi connectivity index (χ4v) is 3.10. The highest BCUT2D eigenvalue weighted by Crippen LogP contribution is 2.25. The van der Waals surface area contributed by atoms with Crippen molar-refractivity contribution >= 4 is 17.3 Å². The molecule has 0 N–H and O–H groups in total. The molecule has 1 aromatic carbocycles. The molecule has 0 radical (unpaired) electrons. The number of carbonyl (C=O) groups is 2. The molecule has 128 valence electrons. The van der Waals surface area contributed by atoms with Crippen molar-refractivity contribution in [3.63, 3.8) is 0 Å². The summed E-state index contributed by atoms with van der Waals surface area (Å²) in [6.07, 6.45) is 1.88. The summed E-state index contributed by atoms with van der Waals surface area (Å²) < 4.78 is 6.98. The van der Waals surface area contributed by atoms with Gasteiger partial charge in [0.15, 0.2) is 0 Å². The fourth-order valence-electron chi connectivity index (χ4n) is 3.10. The van der Waals surface area contributed by atoms with E-state index in [9.17, 15) is 9.59 Å². The first-order valence-electron chi connectivity index (χ1n) is 8.33. The average molecular weight is 335 g/mol. The number of hydrogen-bond donors (Lipinski definition) is 0. The van der Waals surface area contributed by atoms with Crippen LogP contribution in [0.2, 0.25) is 0 Å². The van der Waals surface area contributed by atoms with Gasteiger partial charge in [0.05, 0.1) is 23.4 Å². The van der Waals surface area contributed by atoms with Crippen molar-refractivity contribution in [2.75, 3.05) is 6.61 Å². The lowest BCUT2D eigenvalue weighted by molar-refractivity contribution is 0.0528. The van der Waals surface area contributed by atoms with Gasteiger partial charge in [-0.2, -0.15) is 0 Å². The van der Waals surface area contributed by atoms with E-state index in [0.717, 1.165) is 22.2 Å². The van der Waals surface area contributed by atoms with Gasteiger partial charge in [-0.1, -0.05) is 35.9 Å². The van der Waals surface area contributed by atoms with E-state index >= 15 is 0 Å². The Morgan fingerprint density at radius 3 is 2.32 bits per heavy atom. The molecule has 3 aromatic rings. The molecule has 0 aliphatic carbocycles. The van der Waals surface area contributed by atoms with Crippen LogP contribution < -0.4 is 0 Å². The Bertz CT molecular complexity index is 965. The second kappa shape index (κ2) is 6.55. The molecule has 4 heteroatoms. The summed E-state index contributed by atoms with van der Waals surface area (Å²) in [5.41, 5.74) is 5.26. The molecule has 0 aliphatic rings. The van der Waals surface area contributed by atoms with Gasteiger partial charge in [-0.15, -0.1) is 0 Å². The largest absolute Gasteiger partial charge is 0.462 e. The molecular formula is C21H21NO3. The van der Waals surface area contributed by atoms with Crippen molar-refractivity contribution in [3.05, 3.63) is 76.1 Å². The van der Waals surface area contributed by atoms with E-state index in [-0.39, 0.29) is 5.78 Å². The van der Waals surface area contributed by atoms with Gasteiger partial charge in [0.1, 0.15) is 0 Å². The molecule has 25 heavy (non-hydrogen) atoms. The number of rotatable bonds is 4. The van der Waals surface area contributed by atoms with Crippen molar-refractivity contribution < 1.29 is 14.3 Å². The smallest absolute Gasteiger partial charge is 0.340 e. The first-order chi connectivity index (χ1) is 11.9. The normalized spacial score (nSPS) is 10.9. The Labute approximate surface area is 147 Å². The third kappa shape index (κ3) is 3.07. The summed E-state index contributed by atoms with van der Waals surface area (Å²) in [6.45, 7) is 7.95. The summed E-state index contributed by atoms with van der Waals surface area (Å²) in [6, 6.07) is 11.1. The topological polar surface area (TPSA) is 47.8 Å². The van der Waals surface area contributed by atoms with Gasteiger partial charge in [-0.25, -0.2) is 4.79 Å². The van der Waals surface area contributed by atoms with Gasteiger partial charge in [0, 0.05) is 11.8 Å². The maximum absolute atomic E-state index is 13.0. The predicted molar refractivity (Wildman–Crippen MR) is 97.4 cm³/mol. The average Bonchev–Trinajstić information content (AvgIpc) is 2.95. The molecule has 3 rings (SSSR count). The molecule has 0 atom stereocenters. The molecular weight excluding hydrogens is 314 g/mol. The minimum Gasteiger partial charge on any atom is -0.462 e. The van der Waals surface area contributed by atoms with Crippen LogP contribution in [0.25, 0.3) is 5.52 Å². The van der Waals surface area contributed by atoms with E-state index in [1.165, 1.54) is 0 Å². The number of esters is 1. The molecule has 0 spiro atoms. The number of ether oxygens (including phenoxy) is 1. The van der Waals surface area contributed by atoms with E-state index in [2.05, 4.69) is 0 Å². The lowest BCUT2D eigenvalue weighted by atomic mass is 10.1. The third-order valence-corrected chi connectivity index (χ3v) is 4.23. The number of carbonyl (C=O) groups excluding carboxylic acids is 2. The van der Waals surface area contributed by atoms with E-state index in [1.54, 1.807) is 17.4 Å². The maximum atomic E-state index is 13.0. The third-order valence-electron chi connectivity index (χ3n) is 4.23. The van der Waals surface area contributed by atoms with Gasteiger partial charge in [-0.3, -0.25) is 4.79 Å². The zero-order valence-corrected chi connectivity index (χ0v) is 14.9. The van der Waals surface area contributed by atoms with Crippen molar-refractivity contribution in [2.24, 2.45) is 0 Å². The van der Waals surface area contributed by atoms with Crippen LogP contribution in [0, 0.1) is 20.8 Å². The van der Waals surface area contributed by atoms with Crippen LogP contribution in [0.5, 0.6) is 0 Å². The number of ketones is 1. The Kier molecular flexibility index (Phi) is 4.45. The van der Waals surface area contributed by atoms with E-state index in [1.807, 2.05) is 57.3 Å². The number of nitrogens with zero attached hydrogens (tertiary/aromatic N) is 1. The Hall–Kier alpha value is -2.88. The number of benzene rings is 1. The standard InChI is InChI=1S/C21H21NO3/c1-5-25-21(24)17-11-18(20(23)16-8-6-13(2)7-9-16)22-12-14(3)10-15(4)19(17)22/h6-12H,5H2,1-4H3. The minimum absolute atomic E-state index is 0.115. The molecule has 0 saturated heterocycles. The Morgan fingerprint density at radius 1 is 1.00 bits per heavy atom. The molecule has 4 nitrogen and oxygen atoms in total. The summed E-state index contributed by atoms with van der Waals surface area (Å²) in [7, 11) is 0. The van der Waals surface area contributed by atoms with Crippen LogP contribution in [0.15, 0.2) is 42.6 Å². The molecule has 0 bridgehead atoms. The van der Waals surface area contributed by atoms with Gasteiger partial charge >= 0.3 is 5.97 Å². The van der Waals surface area contributed by atoms with Crippen molar-refractivity contribution in [1.29, 1.82) is 0 Å². The first-order valence-corrected chi connectivity index (χ1v) is 8.33. The maximum Gasteiger partial charge on any atom is 0.340 e. The van der Waals surface area contributed by atoms with E-state index < -0.39 is 5.97 Å². The molecule has 2 aromatic heterocycles. The van der Waals surface area contributed by atoms with Gasteiger partial charge < -0.3 is 9.14 Å². The number of aromatic nitrogens is 1. The van der Waals surface area contributed by atoms with Gasteiger partial charge in [0.25, 0.3) is 0 Å². The number of pyridine rings is 1. The molecule has 0 unspecified atom stereocenters. The molecule has 2 heterocycles. The van der Waals surface area contributed by atoms with Crippen LogP contribution in [0.1, 0.15) is 50.0 Å². The molecule has 0 aliphatic heterocycles. The lowest BCUT2D eigenvalue weighted by Gasteiger charge is -2.07. The number of fused-ring (bicyclic) bond motifs is 1. The van der Waals surface area contributed by atoms with Crippen molar-refractivity contribution in [3.8, 4) is 0 Å². The SMILES string of the molecule is CCOC(=O)c1cc(C(=O)c2ccc(C)cc2)n2cc(C)cc(C)c12. The molecule has 0 fully saturated rings. The fraction of sp³-hybridized carbons (Fsp3) is 0.238. The minimum atomic E-state index is -0.407. The van der Waals surface area contributed by atoms with Gasteiger partial charge in [-0.05, 0) is 44.9 Å². The summed E-state index contributed by atoms with van der Waals surface area (Å²) in [5, 5.41) is 0. The van der Waals surface area contributed by atoms with Crippen LogP contribution in [-0.2, 0) is 4.74 Å². The van der Waals surface area contributed by atoms with Crippen LogP contribution in [0.3, 0.4) is 0 Å². The summed E-state index contributed by atoms with van der Waals surface area (Å²) in [4.78, 5) is 25.4. The van der Waals surface area contributed by atoms with Crippen LogP contribution >= 0.6 is 0 Å². The molecule has 0 amide bonds. The van der Waals surface area contributed by atoms with Crippen molar-refractivity contribution in [1.82, 2.24) is 4.40 Å². The number of hydrogen-bond acceptors (Lipinski definition) is 3. The van der Waals surface area contributed by atoms with E-state index in [4.69, 9.17) is 4.74 Å². The first kappa shape index (κ1) is 17.0. The Morgan fingerprint density at radius 2 is 1.68 bits per heavy atom. The zero-order valence-electron chi connectivity index (χ0n) is 14.9. The number of aryl methyl sites for hydroxylation is 3. The predicted octanol–water partition coefficient (Wildman–Crippen LogP) is 4.27. The second-order valence-electron chi connectivity index (χ2n) is 6.28. The molecule has 0 saturated carbocycles. The quantitative estimate of drug-likeness (QED) is 0.528. The second-order valence-corrected chi connectivity index (χ2v) is 6.28. The van der Waals surface area contributed by atoms with E-state index in [0.29, 0.717) is 23.4 Å². The summed E-state index contributed by atoms with van der Waals surface area (Å²) in [5.74, 6) is -0.523. The highest BCUT2D eigenvalue weighted by molar-refractivity contribution is 6.11. The highest BCUT2D eigenvalue weighted by atomic mass is 16.5. The van der Waals surface area contributed by atoms with Gasteiger partial charge in [0.2, 0.25) is 5.78 Å². The lowest BCUT2D eigenvalue weighted by Crippen LogP contribution is -2.06. The Balaban J connectivity index is 2.22. The zero-order chi connectivity index (χ0) is 18.1. The van der Waals surface area contributed by atoms with Crippen LogP contribution in [0.4, 0.5) is 0 Å². The van der Waals surface area contributed by atoms with Crippen LogP contribution in [-0.4, -0.2) is 22.8 Å². The highest BCUT2D eigenvalue weighted by Gasteiger charge is 2.22.